The van der Waals surface area contributed by atoms with Gasteiger partial charge in [0.05, 0.1) is 10.6 Å². The lowest BCUT2D eigenvalue weighted by molar-refractivity contribution is -0.131. The number of hydrogen-bond donors (Lipinski definition) is 2. The summed E-state index contributed by atoms with van der Waals surface area (Å²) in [7, 11) is 0. The van der Waals surface area contributed by atoms with E-state index in [1.54, 1.807) is 0 Å². The van der Waals surface area contributed by atoms with Crippen LogP contribution in [0.3, 0.4) is 0 Å². The van der Waals surface area contributed by atoms with Crippen LogP contribution in [0.5, 0.6) is 0 Å². The van der Waals surface area contributed by atoms with E-state index in [0.29, 0.717) is 4.91 Å². The molecular weight excluding hydrogens is 310 g/mol. The van der Waals surface area contributed by atoms with Gasteiger partial charge in [-0.3, -0.25) is 4.79 Å². The van der Waals surface area contributed by atoms with Gasteiger partial charge in [0.2, 0.25) is 0 Å². The topological polar surface area (TPSA) is 66.4 Å². The van der Waals surface area contributed by atoms with Crippen molar-refractivity contribution in [1.29, 1.82) is 0 Å². The molecule has 0 bridgehead atoms. The van der Waals surface area contributed by atoms with Crippen LogP contribution in [0.4, 0.5) is 5.69 Å². The van der Waals surface area contributed by atoms with Crippen LogP contribution in [0.1, 0.15) is 11.1 Å². The molecule has 0 fully saturated rings. The van der Waals surface area contributed by atoms with Crippen LogP contribution >= 0.6 is 11.8 Å². The number of benzene rings is 2. The van der Waals surface area contributed by atoms with Crippen LogP contribution in [0, 0.1) is 0 Å². The van der Waals surface area contributed by atoms with Crippen molar-refractivity contribution in [3.63, 3.8) is 0 Å². The van der Waals surface area contributed by atoms with E-state index in [1.807, 2.05) is 54.6 Å². The van der Waals surface area contributed by atoms with Gasteiger partial charge in [-0.05, 0) is 35.4 Å². The summed E-state index contributed by atoms with van der Waals surface area (Å²) in [6, 6.07) is 15.0. The Morgan fingerprint density at radius 1 is 1.04 bits per heavy atom. The number of nitrogens with one attached hydrogen (secondary N) is 1. The number of carbonyl (C=O) groups excluding carboxylic acids is 1. The fourth-order valence-electron chi connectivity index (χ4n) is 2.12. The first-order valence-electron chi connectivity index (χ1n) is 6.93. The normalized spacial score (nSPS) is 15.5. The molecule has 1 amide bonds. The molecule has 2 N–H and O–H groups in total. The van der Waals surface area contributed by atoms with Crippen LogP contribution in [0.25, 0.3) is 12.2 Å². The molecule has 0 saturated heterocycles. The highest BCUT2D eigenvalue weighted by atomic mass is 32.2. The predicted octanol–water partition coefficient (Wildman–Crippen LogP) is 3.87. The maximum absolute atomic E-state index is 12.1. The van der Waals surface area contributed by atoms with Crippen molar-refractivity contribution in [2.45, 2.75) is 4.90 Å². The number of para-hydroxylation sites is 1. The van der Waals surface area contributed by atoms with Crippen LogP contribution in [-0.4, -0.2) is 17.0 Å². The Labute approximate surface area is 137 Å². The van der Waals surface area contributed by atoms with Gasteiger partial charge in [0, 0.05) is 11.0 Å². The number of fused-ring (bicyclic) bond motifs is 1. The Hall–Kier alpha value is -2.79. The fraction of sp³-hybridized carbons (Fsp3) is 0. The minimum absolute atomic E-state index is 0.122. The molecule has 1 aliphatic rings. The van der Waals surface area contributed by atoms with Gasteiger partial charge in [0.15, 0.2) is 0 Å². The lowest BCUT2D eigenvalue weighted by atomic mass is 10.1. The van der Waals surface area contributed by atoms with Crippen molar-refractivity contribution in [3.8, 4) is 0 Å². The first-order valence-corrected chi connectivity index (χ1v) is 7.74. The number of carbonyl (C=O) groups is 2. The highest BCUT2D eigenvalue weighted by Gasteiger charge is 2.20. The van der Waals surface area contributed by atoms with E-state index in [4.69, 9.17) is 5.11 Å². The first kappa shape index (κ1) is 15.1. The number of amides is 1. The summed E-state index contributed by atoms with van der Waals surface area (Å²) < 4.78 is 0. The van der Waals surface area contributed by atoms with Gasteiger partial charge in [-0.1, -0.05) is 48.2 Å². The number of rotatable bonds is 3. The third kappa shape index (κ3) is 3.70. The van der Waals surface area contributed by atoms with Crippen LogP contribution in [-0.2, 0) is 9.59 Å². The van der Waals surface area contributed by atoms with Gasteiger partial charge in [-0.2, -0.15) is 0 Å². The lowest BCUT2D eigenvalue weighted by Crippen LogP contribution is -2.17. The van der Waals surface area contributed by atoms with Gasteiger partial charge in [0.1, 0.15) is 0 Å². The van der Waals surface area contributed by atoms with Crippen molar-refractivity contribution in [2.75, 3.05) is 5.32 Å². The Bertz CT molecular complexity index is 822. The SMILES string of the molecule is O=C(O)/C=C/c1ccc(/C=C2/Sc3ccccc3NC2=O)cc1. The molecule has 0 radical (unpaired) electrons. The average Bonchev–Trinajstić information content (AvgIpc) is 2.55. The lowest BCUT2D eigenvalue weighted by Gasteiger charge is -2.18. The van der Waals surface area contributed by atoms with Crippen molar-refractivity contribution < 1.29 is 14.7 Å². The predicted molar refractivity (Wildman–Crippen MR) is 92.0 cm³/mol. The van der Waals surface area contributed by atoms with Crippen molar-refractivity contribution in [3.05, 3.63) is 70.6 Å². The summed E-state index contributed by atoms with van der Waals surface area (Å²) in [5.41, 5.74) is 2.50. The standard InChI is InChI=1S/C18H13NO3S/c20-17(21)10-9-12-5-7-13(8-6-12)11-16-18(22)19-14-3-1-2-4-15(14)23-16/h1-11H,(H,19,22)(H,20,21)/b10-9+,16-11+. The molecular formula is C18H13NO3S. The zero-order valence-corrected chi connectivity index (χ0v) is 12.8. The summed E-state index contributed by atoms with van der Waals surface area (Å²) in [6.07, 6.45) is 4.44. The molecule has 0 spiro atoms. The zero-order valence-electron chi connectivity index (χ0n) is 12.0. The maximum atomic E-state index is 12.1. The molecule has 0 atom stereocenters. The fourth-order valence-corrected chi connectivity index (χ4v) is 3.08. The molecule has 0 aliphatic carbocycles. The monoisotopic (exact) mass is 323 g/mol. The molecule has 23 heavy (non-hydrogen) atoms. The zero-order chi connectivity index (χ0) is 16.2. The minimum atomic E-state index is -0.981. The Kier molecular flexibility index (Phi) is 4.30. The summed E-state index contributed by atoms with van der Waals surface area (Å²) in [5, 5.41) is 11.5. The molecule has 114 valence electrons. The van der Waals surface area contributed by atoms with Gasteiger partial charge in [0.25, 0.3) is 5.91 Å². The smallest absolute Gasteiger partial charge is 0.328 e. The largest absolute Gasteiger partial charge is 0.478 e. The summed E-state index contributed by atoms with van der Waals surface area (Å²) in [6.45, 7) is 0. The Balaban J connectivity index is 1.82. The van der Waals surface area contributed by atoms with Crippen LogP contribution < -0.4 is 5.32 Å². The third-order valence-corrected chi connectivity index (χ3v) is 4.33. The number of aliphatic carboxylic acids is 1. The van der Waals surface area contributed by atoms with Gasteiger partial charge < -0.3 is 10.4 Å². The minimum Gasteiger partial charge on any atom is -0.478 e. The van der Waals surface area contributed by atoms with Gasteiger partial charge in [-0.25, -0.2) is 4.79 Å². The Morgan fingerprint density at radius 3 is 2.48 bits per heavy atom. The molecule has 4 nitrogen and oxygen atoms in total. The van der Waals surface area contributed by atoms with Crippen LogP contribution in [0.15, 0.2) is 64.4 Å². The molecule has 5 heteroatoms. The third-order valence-electron chi connectivity index (χ3n) is 3.23. The summed E-state index contributed by atoms with van der Waals surface area (Å²) in [4.78, 5) is 24.3. The molecule has 1 aliphatic heterocycles. The number of carboxylic acid groups (broad SMARTS) is 1. The second-order valence-corrected chi connectivity index (χ2v) is 5.98. The number of thioether (sulfide) groups is 1. The van der Waals surface area contributed by atoms with E-state index < -0.39 is 5.97 Å². The van der Waals surface area contributed by atoms with Crippen molar-refractivity contribution in [2.24, 2.45) is 0 Å². The molecule has 0 aromatic heterocycles. The van der Waals surface area contributed by atoms with Crippen molar-refractivity contribution >= 4 is 41.5 Å². The molecule has 3 rings (SSSR count). The summed E-state index contributed by atoms with van der Waals surface area (Å²) >= 11 is 1.44. The highest BCUT2D eigenvalue weighted by Crippen LogP contribution is 2.38. The van der Waals surface area contributed by atoms with E-state index in [1.165, 1.54) is 17.8 Å². The molecule has 0 unspecified atom stereocenters. The summed E-state index contributed by atoms with van der Waals surface area (Å²) in [5.74, 6) is -1.10. The van der Waals surface area contributed by atoms with Gasteiger partial charge in [-0.15, -0.1) is 0 Å². The van der Waals surface area contributed by atoms with Crippen LogP contribution in [0.2, 0.25) is 0 Å². The number of hydrogen-bond acceptors (Lipinski definition) is 3. The maximum Gasteiger partial charge on any atom is 0.328 e. The molecule has 2 aromatic carbocycles. The van der Waals surface area contributed by atoms with E-state index in [0.717, 1.165) is 27.8 Å². The second-order valence-electron chi connectivity index (χ2n) is 4.90. The van der Waals surface area contributed by atoms with E-state index in [2.05, 4.69) is 5.32 Å². The van der Waals surface area contributed by atoms with Gasteiger partial charge >= 0.3 is 5.97 Å². The molecule has 2 aromatic rings. The number of anilines is 1. The second kappa shape index (κ2) is 6.54. The first-order chi connectivity index (χ1) is 11.1. The highest BCUT2D eigenvalue weighted by molar-refractivity contribution is 8.04. The van der Waals surface area contributed by atoms with E-state index in [9.17, 15) is 9.59 Å². The Morgan fingerprint density at radius 2 is 1.74 bits per heavy atom. The quantitative estimate of drug-likeness (QED) is 0.842. The van der Waals surface area contributed by atoms with E-state index in [-0.39, 0.29) is 5.91 Å². The number of carboxylic acids is 1. The van der Waals surface area contributed by atoms with E-state index >= 15 is 0 Å². The molecule has 0 saturated carbocycles. The average molecular weight is 323 g/mol. The van der Waals surface area contributed by atoms with Crippen molar-refractivity contribution in [1.82, 2.24) is 0 Å². The molecule has 1 heterocycles.